The summed E-state index contributed by atoms with van der Waals surface area (Å²) >= 11 is 0. The van der Waals surface area contributed by atoms with Crippen molar-refractivity contribution in [3.05, 3.63) is 65.7 Å². The first-order valence-electron chi connectivity index (χ1n) is 15.3. The Balaban J connectivity index is 1.02. The third kappa shape index (κ3) is 6.55. The van der Waals surface area contributed by atoms with Crippen LogP contribution < -0.4 is 20.1 Å². The number of ether oxygens (including phenoxy) is 2. The zero-order valence-electron chi connectivity index (χ0n) is 26.7. The predicted molar refractivity (Wildman–Crippen MR) is 176 cm³/mol. The van der Waals surface area contributed by atoms with Crippen molar-refractivity contribution in [1.82, 2.24) is 14.4 Å². The summed E-state index contributed by atoms with van der Waals surface area (Å²) in [4.78, 5) is 58.9. The molecule has 4 amide bonds. The van der Waals surface area contributed by atoms with E-state index in [1.54, 1.807) is 74.4 Å². The fourth-order valence-corrected chi connectivity index (χ4v) is 5.76. The normalized spacial score (nSPS) is 15.2. The molecule has 2 aliphatic rings. The summed E-state index contributed by atoms with van der Waals surface area (Å²) in [6.07, 6.45) is 5.94. The molecular weight excluding hydrogens is 604 g/mol. The molecule has 0 aliphatic carbocycles. The second-order valence-electron chi connectivity index (χ2n) is 11.7. The van der Waals surface area contributed by atoms with E-state index in [0.717, 1.165) is 12.8 Å². The Hall–Kier alpha value is -5.59. The van der Waals surface area contributed by atoms with E-state index < -0.39 is 0 Å². The molecule has 13 nitrogen and oxygen atoms in total. The van der Waals surface area contributed by atoms with Crippen molar-refractivity contribution in [3.8, 4) is 11.5 Å². The molecule has 244 valence electrons. The van der Waals surface area contributed by atoms with Crippen LogP contribution in [0.2, 0.25) is 0 Å². The highest BCUT2D eigenvalue weighted by Gasteiger charge is 2.32. The van der Waals surface area contributed by atoms with Crippen LogP contribution in [-0.2, 0) is 11.8 Å². The Kier molecular flexibility index (Phi) is 8.70. The van der Waals surface area contributed by atoms with E-state index in [1.165, 1.54) is 12.0 Å². The summed E-state index contributed by atoms with van der Waals surface area (Å²) in [6.45, 7) is 0.949. The van der Waals surface area contributed by atoms with Crippen LogP contribution in [0.1, 0.15) is 57.1 Å². The van der Waals surface area contributed by atoms with Gasteiger partial charge in [-0.25, -0.2) is 0 Å². The van der Waals surface area contributed by atoms with E-state index in [-0.39, 0.29) is 48.5 Å². The number of aliphatic imine (C=N–C) groups is 1. The second kappa shape index (κ2) is 13.0. The van der Waals surface area contributed by atoms with E-state index in [4.69, 9.17) is 13.9 Å². The number of amides is 4. The summed E-state index contributed by atoms with van der Waals surface area (Å²) in [6, 6.07) is 11.7. The number of rotatable bonds is 10. The topological polar surface area (TPSA) is 148 Å². The van der Waals surface area contributed by atoms with Gasteiger partial charge in [0.1, 0.15) is 11.3 Å². The average Bonchev–Trinajstić information content (AvgIpc) is 3.77. The molecule has 1 saturated heterocycles. The first-order chi connectivity index (χ1) is 22.6. The molecule has 0 radical (unpaired) electrons. The Morgan fingerprint density at radius 1 is 1.06 bits per heavy atom. The molecule has 0 saturated carbocycles. The van der Waals surface area contributed by atoms with Gasteiger partial charge in [0.2, 0.25) is 5.91 Å². The highest BCUT2D eigenvalue weighted by atomic mass is 16.5. The minimum absolute atomic E-state index is 0.00682. The Bertz CT molecular complexity index is 1910. The van der Waals surface area contributed by atoms with Gasteiger partial charge in [-0.05, 0) is 55.7 Å². The lowest BCUT2D eigenvalue weighted by Crippen LogP contribution is -2.35. The van der Waals surface area contributed by atoms with E-state index in [2.05, 4.69) is 15.6 Å². The predicted octanol–water partition coefficient (Wildman–Crippen LogP) is 4.85. The molecule has 1 fully saturated rings. The van der Waals surface area contributed by atoms with Crippen molar-refractivity contribution >= 4 is 57.9 Å². The fourth-order valence-electron chi connectivity index (χ4n) is 5.76. The molecule has 1 unspecified atom stereocenters. The molecular formula is C34H36N6O7. The highest BCUT2D eigenvalue weighted by Crippen LogP contribution is 2.38. The molecule has 0 spiro atoms. The lowest BCUT2D eigenvalue weighted by atomic mass is 10.1. The van der Waals surface area contributed by atoms with Gasteiger partial charge in [-0.1, -0.05) is 0 Å². The van der Waals surface area contributed by atoms with Crippen molar-refractivity contribution in [3.63, 3.8) is 0 Å². The first kappa shape index (κ1) is 31.4. The lowest BCUT2D eigenvalue weighted by molar-refractivity contribution is -0.116. The number of aromatic nitrogens is 1. The maximum absolute atomic E-state index is 13.1. The molecule has 4 heterocycles. The summed E-state index contributed by atoms with van der Waals surface area (Å²) in [5.41, 5.74) is 2.91. The number of nitrogens with zero attached hydrogens (tertiary/aromatic N) is 4. The summed E-state index contributed by atoms with van der Waals surface area (Å²) < 4.78 is 18.7. The number of carbonyl (C=O) groups is 4. The quantitative estimate of drug-likeness (QED) is 0.236. The van der Waals surface area contributed by atoms with Gasteiger partial charge in [0.15, 0.2) is 17.3 Å². The maximum atomic E-state index is 13.1. The number of methoxy groups -OCH3 is 1. The smallest absolute Gasteiger partial charge is 0.289 e. The molecule has 13 heteroatoms. The van der Waals surface area contributed by atoms with Crippen molar-refractivity contribution in [2.24, 2.45) is 12.0 Å². The number of nitrogens with one attached hydrogen (secondary N) is 2. The summed E-state index contributed by atoms with van der Waals surface area (Å²) in [5, 5.41) is 6.37. The van der Waals surface area contributed by atoms with Crippen molar-refractivity contribution in [1.29, 1.82) is 0 Å². The van der Waals surface area contributed by atoms with Crippen molar-refractivity contribution in [2.75, 3.05) is 45.0 Å². The number of fused-ring (bicyclic) bond motifs is 3. The van der Waals surface area contributed by atoms with Gasteiger partial charge in [-0.15, -0.1) is 0 Å². The largest absolute Gasteiger partial charge is 0.493 e. The minimum atomic E-state index is -0.366. The molecule has 2 aliphatic heterocycles. The van der Waals surface area contributed by atoms with Crippen LogP contribution in [0.15, 0.2) is 58.1 Å². The van der Waals surface area contributed by atoms with Gasteiger partial charge < -0.3 is 38.9 Å². The van der Waals surface area contributed by atoms with Crippen LogP contribution in [0.3, 0.4) is 0 Å². The Morgan fingerprint density at radius 2 is 1.89 bits per heavy atom. The molecule has 2 N–H and O–H groups in total. The maximum Gasteiger partial charge on any atom is 0.289 e. The molecule has 0 bridgehead atoms. The molecule has 1 atom stereocenters. The number of furan rings is 1. The fraction of sp³-hybridized carbons (Fsp3) is 0.324. The monoisotopic (exact) mass is 640 g/mol. The molecule has 2 aromatic carbocycles. The molecule has 4 aromatic rings. The number of aryl methyl sites for hydroxylation is 1. The van der Waals surface area contributed by atoms with Crippen LogP contribution in [0, 0.1) is 0 Å². The number of carbonyl (C=O) groups excluding carboxylic acids is 4. The number of hydrogen-bond donors (Lipinski definition) is 2. The van der Waals surface area contributed by atoms with E-state index in [1.807, 2.05) is 11.1 Å². The number of anilines is 2. The molecule has 47 heavy (non-hydrogen) atoms. The van der Waals surface area contributed by atoms with E-state index in [0.29, 0.717) is 63.8 Å². The standard InChI is InChI=1S/C34H36N6O7/c1-38(2)34(44)30-14-20-13-21(9-10-27(20)47-30)37-32(42)26-15-22(19-39(26)3)36-31(41)8-6-12-46-29-17-25-24(16-28(29)45-4)33(43)40-11-5-7-23(40)18-35-25/h9-10,13-19,23H,5-8,11-12H2,1-4H3,(H,36,41)(H,37,42). The van der Waals surface area contributed by atoms with E-state index >= 15 is 0 Å². The van der Waals surface area contributed by atoms with E-state index in [9.17, 15) is 19.2 Å². The van der Waals surface area contributed by atoms with Gasteiger partial charge in [-0.2, -0.15) is 0 Å². The third-order valence-corrected chi connectivity index (χ3v) is 8.18. The summed E-state index contributed by atoms with van der Waals surface area (Å²) in [5.74, 6) is 0.178. The number of hydrogen-bond acceptors (Lipinski definition) is 8. The Labute approximate surface area is 271 Å². The van der Waals surface area contributed by atoms with Crippen LogP contribution >= 0.6 is 0 Å². The zero-order chi connectivity index (χ0) is 33.2. The van der Waals surface area contributed by atoms with Crippen LogP contribution in [0.5, 0.6) is 11.5 Å². The van der Waals surface area contributed by atoms with Gasteiger partial charge in [-0.3, -0.25) is 24.2 Å². The van der Waals surface area contributed by atoms with Gasteiger partial charge in [0.25, 0.3) is 17.7 Å². The van der Waals surface area contributed by atoms with Crippen LogP contribution in [-0.4, -0.2) is 84.6 Å². The molecule has 6 rings (SSSR count). The average molecular weight is 641 g/mol. The van der Waals surface area contributed by atoms with Gasteiger partial charge in [0, 0.05) is 63.7 Å². The van der Waals surface area contributed by atoms with Gasteiger partial charge >= 0.3 is 0 Å². The Morgan fingerprint density at radius 3 is 2.68 bits per heavy atom. The second-order valence-corrected chi connectivity index (χ2v) is 11.7. The minimum Gasteiger partial charge on any atom is -0.493 e. The molecule has 2 aromatic heterocycles. The summed E-state index contributed by atoms with van der Waals surface area (Å²) in [7, 11) is 6.52. The first-order valence-corrected chi connectivity index (χ1v) is 15.3. The third-order valence-electron chi connectivity index (χ3n) is 8.18. The highest BCUT2D eigenvalue weighted by molar-refractivity contribution is 6.06. The SMILES string of the molecule is COc1cc2c(cc1OCCCC(=O)Nc1cc(C(=O)Nc3ccc4oc(C(=O)N(C)C)cc4c3)n(C)c1)N=CC1CCCN1C2=O. The van der Waals surface area contributed by atoms with Crippen molar-refractivity contribution < 1.29 is 33.1 Å². The number of benzene rings is 2. The van der Waals surface area contributed by atoms with Crippen LogP contribution in [0.4, 0.5) is 17.1 Å². The zero-order valence-corrected chi connectivity index (χ0v) is 26.7. The van der Waals surface area contributed by atoms with Crippen molar-refractivity contribution in [2.45, 2.75) is 31.7 Å². The van der Waals surface area contributed by atoms with Crippen LogP contribution in [0.25, 0.3) is 11.0 Å². The van der Waals surface area contributed by atoms with Gasteiger partial charge in [0.05, 0.1) is 36.7 Å². The lowest BCUT2D eigenvalue weighted by Gasteiger charge is -2.20.